The van der Waals surface area contributed by atoms with Crippen molar-refractivity contribution in [3.8, 4) is 11.5 Å². The molecule has 150 valence electrons. The molecule has 1 saturated heterocycles. The molecule has 1 heterocycles. The molecule has 2 aromatic rings. The summed E-state index contributed by atoms with van der Waals surface area (Å²) in [7, 11) is -3.88. The Bertz CT molecular complexity index is 959. The van der Waals surface area contributed by atoms with Gasteiger partial charge in [0.1, 0.15) is 0 Å². The number of rotatable bonds is 8. The second-order valence-electron chi connectivity index (χ2n) is 6.25. The standard InChI is InChI=1S/C20H24N2O5S/c1-3-26-18-12-11-15(14-19(18)27-4-2)28(24,25)21-16-8-5-6-9-17(16)22-13-7-10-20(22)23/h5-6,8-9,11-12,14,21H,3-4,7,10,13H2,1-2H3. The van der Waals surface area contributed by atoms with Crippen LogP contribution in [0.1, 0.15) is 26.7 Å². The van der Waals surface area contributed by atoms with E-state index in [4.69, 9.17) is 9.47 Å². The number of hydrogen-bond donors (Lipinski definition) is 1. The third-order valence-electron chi connectivity index (χ3n) is 4.34. The lowest BCUT2D eigenvalue weighted by molar-refractivity contribution is -0.117. The molecule has 1 fully saturated rings. The minimum absolute atomic E-state index is 0.00801. The zero-order valence-electron chi connectivity index (χ0n) is 16.0. The molecule has 8 heteroatoms. The van der Waals surface area contributed by atoms with Crippen LogP contribution in [-0.2, 0) is 14.8 Å². The average molecular weight is 404 g/mol. The first-order valence-corrected chi connectivity index (χ1v) is 10.8. The molecule has 0 saturated carbocycles. The molecule has 0 bridgehead atoms. The van der Waals surface area contributed by atoms with Crippen LogP contribution in [0.15, 0.2) is 47.4 Å². The quantitative estimate of drug-likeness (QED) is 0.729. The van der Waals surface area contributed by atoms with Crippen molar-refractivity contribution in [2.45, 2.75) is 31.6 Å². The summed E-state index contributed by atoms with van der Waals surface area (Å²) in [6.07, 6.45) is 1.23. The summed E-state index contributed by atoms with van der Waals surface area (Å²) in [5.74, 6) is 0.855. The molecule has 0 radical (unpaired) electrons. The average Bonchev–Trinajstić information content (AvgIpc) is 3.09. The van der Waals surface area contributed by atoms with Gasteiger partial charge in [-0.3, -0.25) is 9.52 Å². The molecular weight excluding hydrogens is 380 g/mol. The lowest BCUT2D eigenvalue weighted by atomic mass is 10.2. The molecule has 1 aliphatic rings. The second-order valence-corrected chi connectivity index (χ2v) is 7.93. The Hall–Kier alpha value is -2.74. The zero-order chi connectivity index (χ0) is 20.1. The third kappa shape index (κ3) is 4.22. The molecule has 3 rings (SSSR count). The molecule has 0 atom stereocenters. The van der Waals surface area contributed by atoms with Crippen molar-refractivity contribution < 1.29 is 22.7 Å². The number of anilines is 2. The number of nitrogens with zero attached hydrogens (tertiary/aromatic N) is 1. The highest BCUT2D eigenvalue weighted by Gasteiger charge is 2.26. The first-order chi connectivity index (χ1) is 13.5. The van der Waals surface area contributed by atoms with Crippen molar-refractivity contribution in [1.29, 1.82) is 0 Å². The van der Waals surface area contributed by atoms with E-state index >= 15 is 0 Å². The van der Waals surface area contributed by atoms with E-state index in [1.165, 1.54) is 12.1 Å². The summed E-state index contributed by atoms with van der Waals surface area (Å²) in [6, 6.07) is 11.4. The summed E-state index contributed by atoms with van der Waals surface area (Å²) < 4.78 is 39.5. The summed E-state index contributed by atoms with van der Waals surface area (Å²) in [5, 5.41) is 0. The number of benzene rings is 2. The van der Waals surface area contributed by atoms with Crippen molar-refractivity contribution in [2.75, 3.05) is 29.4 Å². The van der Waals surface area contributed by atoms with Gasteiger partial charge < -0.3 is 14.4 Å². The van der Waals surface area contributed by atoms with E-state index in [0.717, 1.165) is 6.42 Å². The monoisotopic (exact) mass is 404 g/mol. The van der Waals surface area contributed by atoms with E-state index < -0.39 is 10.0 Å². The Kier molecular flexibility index (Phi) is 6.08. The van der Waals surface area contributed by atoms with Gasteiger partial charge in [-0.2, -0.15) is 0 Å². The summed E-state index contributed by atoms with van der Waals surface area (Å²) >= 11 is 0. The van der Waals surface area contributed by atoms with Gasteiger partial charge in [0.15, 0.2) is 11.5 Å². The summed E-state index contributed by atoms with van der Waals surface area (Å²) in [4.78, 5) is 13.8. The summed E-state index contributed by atoms with van der Waals surface area (Å²) in [5.41, 5.74) is 0.925. The van der Waals surface area contributed by atoms with Crippen molar-refractivity contribution >= 4 is 27.3 Å². The first-order valence-electron chi connectivity index (χ1n) is 9.28. The van der Waals surface area contributed by atoms with E-state index in [9.17, 15) is 13.2 Å². The fraction of sp³-hybridized carbons (Fsp3) is 0.350. The van der Waals surface area contributed by atoms with Gasteiger partial charge in [-0.1, -0.05) is 12.1 Å². The number of ether oxygens (including phenoxy) is 2. The van der Waals surface area contributed by atoms with Gasteiger partial charge in [0.25, 0.3) is 10.0 Å². The molecular formula is C20H24N2O5S. The Morgan fingerprint density at radius 1 is 1.04 bits per heavy atom. The van der Waals surface area contributed by atoms with Gasteiger partial charge in [0.2, 0.25) is 5.91 Å². The third-order valence-corrected chi connectivity index (χ3v) is 5.70. The predicted octanol–water partition coefficient (Wildman–Crippen LogP) is 3.41. The van der Waals surface area contributed by atoms with Gasteiger partial charge in [0, 0.05) is 19.0 Å². The van der Waals surface area contributed by atoms with Crippen molar-refractivity contribution in [3.05, 3.63) is 42.5 Å². The van der Waals surface area contributed by atoms with Crippen LogP contribution >= 0.6 is 0 Å². The van der Waals surface area contributed by atoms with Gasteiger partial charge in [-0.25, -0.2) is 8.42 Å². The van der Waals surface area contributed by atoms with Crippen LogP contribution in [0.25, 0.3) is 0 Å². The molecule has 0 aliphatic carbocycles. The van der Waals surface area contributed by atoms with E-state index in [1.807, 2.05) is 13.8 Å². The number of nitrogens with one attached hydrogen (secondary N) is 1. The Morgan fingerprint density at radius 2 is 1.75 bits per heavy atom. The van der Waals surface area contributed by atoms with Gasteiger partial charge in [-0.15, -0.1) is 0 Å². The van der Waals surface area contributed by atoms with Crippen molar-refractivity contribution in [2.24, 2.45) is 0 Å². The summed E-state index contributed by atoms with van der Waals surface area (Å²) in [6.45, 7) is 5.07. The second kappa shape index (κ2) is 8.52. The SMILES string of the molecule is CCOc1ccc(S(=O)(=O)Nc2ccccc2N2CCCC2=O)cc1OCC. The van der Waals surface area contributed by atoms with Gasteiger partial charge in [0.05, 0.1) is 29.5 Å². The molecule has 0 spiro atoms. The molecule has 0 unspecified atom stereocenters. The number of sulfonamides is 1. The molecule has 0 aromatic heterocycles. The molecule has 7 nitrogen and oxygen atoms in total. The largest absolute Gasteiger partial charge is 0.490 e. The Morgan fingerprint density at radius 3 is 2.43 bits per heavy atom. The maximum Gasteiger partial charge on any atom is 0.262 e. The van der Waals surface area contributed by atoms with Gasteiger partial charge >= 0.3 is 0 Å². The molecule has 1 aliphatic heterocycles. The highest BCUT2D eigenvalue weighted by atomic mass is 32.2. The highest BCUT2D eigenvalue weighted by Crippen LogP contribution is 2.33. The van der Waals surface area contributed by atoms with Crippen LogP contribution in [0, 0.1) is 0 Å². The Labute approximate surface area is 165 Å². The zero-order valence-corrected chi connectivity index (χ0v) is 16.8. The molecule has 2 aromatic carbocycles. The number of hydrogen-bond acceptors (Lipinski definition) is 5. The predicted molar refractivity (Wildman–Crippen MR) is 108 cm³/mol. The number of amides is 1. The van der Waals surface area contributed by atoms with Crippen LogP contribution in [0.2, 0.25) is 0 Å². The van der Waals surface area contributed by atoms with Gasteiger partial charge in [-0.05, 0) is 44.5 Å². The lowest BCUT2D eigenvalue weighted by Crippen LogP contribution is -2.25. The van der Waals surface area contributed by atoms with Crippen LogP contribution in [-0.4, -0.2) is 34.1 Å². The first kappa shape index (κ1) is 20.0. The minimum atomic E-state index is -3.88. The molecule has 28 heavy (non-hydrogen) atoms. The molecule has 1 N–H and O–H groups in total. The normalized spacial score (nSPS) is 14.2. The van der Waals surface area contributed by atoms with E-state index in [0.29, 0.717) is 49.1 Å². The van der Waals surface area contributed by atoms with Crippen LogP contribution in [0.4, 0.5) is 11.4 Å². The number of para-hydroxylation sites is 2. The fourth-order valence-corrected chi connectivity index (χ4v) is 4.19. The fourth-order valence-electron chi connectivity index (χ4n) is 3.10. The van der Waals surface area contributed by atoms with Crippen LogP contribution in [0.3, 0.4) is 0 Å². The number of carbonyl (C=O) groups excluding carboxylic acids is 1. The van der Waals surface area contributed by atoms with Crippen LogP contribution in [0.5, 0.6) is 11.5 Å². The molecule has 1 amide bonds. The van der Waals surface area contributed by atoms with Crippen molar-refractivity contribution in [1.82, 2.24) is 0 Å². The topological polar surface area (TPSA) is 84.9 Å². The van der Waals surface area contributed by atoms with E-state index in [1.54, 1.807) is 35.2 Å². The highest BCUT2D eigenvalue weighted by molar-refractivity contribution is 7.92. The maximum atomic E-state index is 13.0. The maximum absolute atomic E-state index is 13.0. The Balaban J connectivity index is 1.93. The number of carbonyl (C=O) groups is 1. The smallest absolute Gasteiger partial charge is 0.262 e. The van der Waals surface area contributed by atoms with E-state index in [2.05, 4.69) is 4.72 Å². The van der Waals surface area contributed by atoms with Crippen LogP contribution < -0.4 is 19.1 Å². The van der Waals surface area contributed by atoms with Crippen molar-refractivity contribution in [3.63, 3.8) is 0 Å². The van der Waals surface area contributed by atoms with E-state index in [-0.39, 0.29) is 10.8 Å². The minimum Gasteiger partial charge on any atom is -0.490 e. The lowest BCUT2D eigenvalue weighted by Gasteiger charge is -2.20.